The Balaban J connectivity index is 4.19. The summed E-state index contributed by atoms with van der Waals surface area (Å²) in [6, 6.07) is -0.417. The SMILES string of the molecule is CCOCNC(=O)NN(CC(O)CC)CC(O)CC. The zero-order valence-corrected chi connectivity index (χ0v) is 12.1. The fourth-order valence-corrected chi connectivity index (χ4v) is 1.33. The van der Waals surface area contributed by atoms with Crippen molar-refractivity contribution in [1.82, 2.24) is 15.8 Å². The summed E-state index contributed by atoms with van der Waals surface area (Å²) in [6.07, 6.45) is 0.0783. The molecule has 4 N–H and O–H groups in total. The highest BCUT2D eigenvalue weighted by molar-refractivity contribution is 5.73. The second kappa shape index (κ2) is 11.0. The maximum atomic E-state index is 11.6. The molecule has 0 fully saturated rings. The molecule has 0 heterocycles. The Bertz CT molecular complexity index is 229. The molecule has 0 aliphatic heterocycles. The number of aliphatic hydroxyl groups excluding tert-OH is 2. The number of urea groups is 1. The fraction of sp³-hybridized carbons (Fsp3) is 0.917. The van der Waals surface area contributed by atoms with Crippen molar-refractivity contribution in [2.24, 2.45) is 0 Å². The number of hydrazine groups is 1. The molecule has 2 amide bonds. The van der Waals surface area contributed by atoms with E-state index in [1.165, 1.54) is 5.01 Å². The van der Waals surface area contributed by atoms with Crippen molar-refractivity contribution < 1.29 is 19.7 Å². The van der Waals surface area contributed by atoms with Crippen LogP contribution in [0.4, 0.5) is 4.79 Å². The summed E-state index contributed by atoms with van der Waals surface area (Å²) in [6.45, 7) is 6.74. The molecule has 0 bridgehead atoms. The van der Waals surface area contributed by atoms with Crippen LogP contribution in [0.25, 0.3) is 0 Å². The zero-order chi connectivity index (χ0) is 14.7. The van der Waals surface area contributed by atoms with Crippen molar-refractivity contribution in [2.75, 3.05) is 26.4 Å². The number of ether oxygens (including phenoxy) is 1. The van der Waals surface area contributed by atoms with Crippen LogP contribution < -0.4 is 10.7 Å². The molecule has 0 spiro atoms. The number of carbonyl (C=O) groups is 1. The minimum Gasteiger partial charge on any atom is -0.392 e. The van der Waals surface area contributed by atoms with Gasteiger partial charge in [0.05, 0.1) is 12.2 Å². The number of carbonyl (C=O) groups excluding carboxylic acids is 1. The Labute approximate surface area is 114 Å². The molecular weight excluding hydrogens is 250 g/mol. The summed E-state index contributed by atoms with van der Waals surface area (Å²) >= 11 is 0. The van der Waals surface area contributed by atoms with Crippen LogP contribution in [0.5, 0.6) is 0 Å². The predicted molar refractivity (Wildman–Crippen MR) is 72.3 cm³/mol. The average molecular weight is 277 g/mol. The summed E-state index contributed by atoms with van der Waals surface area (Å²) in [5.74, 6) is 0. The van der Waals surface area contributed by atoms with Crippen molar-refractivity contribution in [3.05, 3.63) is 0 Å². The number of hydrogen-bond acceptors (Lipinski definition) is 5. The summed E-state index contributed by atoms with van der Waals surface area (Å²) in [5.41, 5.74) is 2.59. The van der Waals surface area contributed by atoms with Crippen LogP contribution >= 0.6 is 0 Å². The van der Waals surface area contributed by atoms with Gasteiger partial charge >= 0.3 is 6.03 Å². The van der Waals surface area contributed by atoms with Crippen molar-refractivity contribution in [1.29, 1.82) is 0 Å². The van der Waals surface area contributed by atoms with Crippen molar-refractivity contribution >= 4 is 6.03 Å². The van der Waals surface area contributed by atoms with Gasteiger partial charge in [-0.1, -0.05) is 13.8 Å². The van der Waals surface area contributed by atoms with Crippen LogP contribution in [0, 0.1) is 0 Å². The number of hydrogen-bond donors (Lipinski definition) is 4. The molecule has 2 unspecified atom stereocenters. The monoisotopic (exact) mass is 277 g/mol. The quantitative estimate of drug-likeness (QED) is 0.257. The van der Waals surface area contributed by atoms with Crippen LogP contribution in [-0.2, 0) is 4.74 Å². The Kier molecular flexibility index (Phi) is 10.5. The summed E-state index contributed by atoms with van der Waals surface area (Å²) in [4.78, 5) is 11.6. The molecule has 7 heteroatoms. The van der Waals surface area contributed by atoms with Gasteiger partial charge in [-0.25, -0.2) is 9.80 Å². The van der Waals surface area contributed by atoms with E-state index < -0.39 is 18.2 Å². The summed E-state index contributed by atoms with van der Waals surface area (Å²) < 4.78 is 5.00. The van der Waals surface area contributed by atoms with E-state index in [1.54, 1.807) is 0 Å². The van der Waals surface area contributed by atoms with Crippen molar-refractivity contribution in [2.45, 2.75) is 45.8 Å². The largest absolute Gasteiger partial charge is 0.392 e. The van der Waals surface area contributed by atoms with Crippen LogP contribution in [0.1, 0.15) is 33.6 Å². The second-order valence-corrected chi connectivity index (χ2v) is 4.28. The van der Waals surface area contributed by atoms with Gasteiger partial charge in [-0.15, -0.1) is 0 Å². The van der Waals surface area contributed by atoms with Gasteiger partial charge in [0.1, 0.15) is 6.73 Å². The maximum absolute atomic E-state index is 11.6. The van der Waals surface area contributed by atoms with E-state index in [9.17, 15) is 15.0 Å². The van der Waals surface area contributed by atoms with Crippen LogP contribution in [0.3, 0.4) is 0 Å². The zero-order valence-electron chi connectivity index (χ0n) is 12.1. The molecule has 0 saturated heterocycles. The first-order chi connectivity index (χ1) is 9.03. The van der Waals surface area contributed by atoms with Crippen molar-refractivity contribution in [3.8, 4) is 0 Å². The van der Waals surface area contributed by atoms with E-state index in [-0.39, 0.29) is 19.8 Å². The predicted octanol–water partition coefficient (Wildman–Crippen LogP) is 0.0384. The van der Waals surface area contributed by atoms with Gasteiger partial charge in [0, 0.05) is 19.7 Å². The molecule has 114 valence electrons. The number of rotatable bonds is 10. The molecular formula is C12H27N3O4. The van der Waals surface area contributed by atoms with Gasteiger partial charge in [0.2, 0.25) is 0 Å². The van der Waals surface area contributed by atoms with E-state index in [1.807, 2.05) is 20.8 Å². The lowest BCUT2D eigenvalue weighted by molar-refractivity contribution is 0.0436. The molecule has 0 aromatic carbocycles. The highest BCUT2D eigenvalue weighted by Crippen LogP contribution is 1.98. The van der Waals surface area contributed by atoms with E-state index in [0.29, 0.717) is 19.4 Å². The van der Waals surface area contributed by atoms with Gasteiger partial charge < -0.3 is 20.3 Å². The van der Waals surface area contributed by atoms with Gasteiger partial charge in [0.25, 0.3) is 0 Å². The molecule has 0 saturated carbocycles. The normalized spacial score (nSPS) is 14.2. The lowest BCUT2D eigenvalue weighted by atomic mass is 10.2. The topological polar surface area (TPSA) is 94.1 Å². The number of amides is 2. The third kappa shape index (κ3) is 9.66. The third-order valence-corrected chi connectivity index (χ3v) is 2.60. The molecule has 0 aromatic rings. The van der Waals surface area contributed by atoms with Gasteiger partial charge in [0.15, 0.2) is 0 Å². The number of nitrogens with zero attached hydrogens (tertiary/aromatic N) is 1. The average Bonchev–Trinajstić information content (AvgIpc) is 2.38. The minimum absolute atomic E-state index is 0.128. The van der Waals surface area contributed by atoms with Crippen molar-refractivity contribution in [3.63, 3.8) is 0 Å². The summed E-state index contributed by atoms with van der Waals surface area (Å²) in [7, 11) is 0. The Morgan fingerprint density at radius 1 is 1.16 bits per heavy atom. The maximum Gasteiger partial charge on any atom is 0.331 e. The first kappa shape index (κ1) is 18.1. The lowest BCUT2D eigenvalue weighted by Crippen LogP contribution is -2.52. The van der Waals surface area contributed by atoms with E-state index in [0.717, 1.165) is 0 Å². The van der Waals surface area contributed by atoms with E-state index in [4.69, 9.17) is 4.74 Å². The van der Waals surface area contributed by atoms with Gasteiger partial charge in [-0.05, 0) is 19.8 Å². The molecule has 19 heavy (non-hydrogen) atoms. The molecule has 0 radical (unpaired) electrons. The minimum atomic E-state index is -0.545. The second-order valence-electron chi connectivity index (χ2n) is 4.28. The Morgan fingerprint density at radius 3 is 2.11 bits per heavy atom. The number of nitrogens with one attached hydrogen (secondary N) is 2. The van der Waals surface area contributed by atoms with E-state index in [2.05, 4.69) is 10.7 Å². The molecule has 0 aromatic heterocycles. The first-order valence-electron chi connectivity index (χ1n) is 6.76. The first-order valence-corrected chi connectivity index (χ1v) is 6.76. The molecule has 0 aliphatic rings. The highest BCUT2D eigenvalue weighted by atomic mass is 16.5. The van der Waals surface area contributed by atoms with Crippen LogP contribution in [0.15, 0.2) is 0 Å². The molecule has 7 nitrogen and oxygen atoms in total. The molecule has 0 aliphatic carbocycles. The fourth-order valence-electron chi connectivity index (χ4n) is 1.33. The third-order valence-electron chi connectivity index (χ3n) is 2.60. The Morgan fingerprint density at radius 2 is 1.68 bits per heavy atom. The van der Waals surface area contributed by atoms with Crippen LogP contribution in [0.2, 0.25) is 0 Å². The van der Waals surface area contributed by atoms with Crippen LogP contribution in [-0.4, -0.2) is 59.9 Å². The van der Waals surface area contributed by atoms with Gasteiger partial charge in [-0.3, -0.25) is 5.43 Å². The lowest BCUT2D eigenvalue weighted by Gasteiger charge is -2.27. The molecule has 2 atom stereocenters. The summed E-state index contributed by atoms with van der Waals surface area (Å²) in [5, 5.41) is 23.3. The number of aliphatic hydroxyl groups is 2. The van der Waals surface area contributed by atoms with Gasteiger partial charge in [-0.2, -0.15) is 0 Å². The standard InChI is InChI=1S/C12H27N3O4/c1-4-10(16)7-15(8-11(17)5-2)14-12(18)13-9-19-6-3/h10-11,16-17H,4-9H2,1-3H3,(H2,13,14,18). The highest BCUT2D eigenvalue weighted by Gasteiger charge is 2.16. The smallest absolute Gasteiger partial charge is 0.331 e. The molecule has 0 rings (SSSR count). The Hall–Kier alpha value is -0.890. The van der Waals surface area contributed by atoms with E-state index >= 15 is 0 Å².